The largest absolute Gasteiger partial charge is 0.465 e. The Morgan fingerprint density at radius 1 is 1.74 bits per heavy atom. The van der Waals surface area contributed by atoms with Gasteiger partial charge in [0.25, 0.3) is 0 Å². The molecule has 7 heteroatoms. The van der Waals surface area contributed by atoms with Crippen LogP contribution < -0.4 is 5.32 Å². The first-order valence-corrected chi connectivity index (χ1v) is 7.36. The highest BCUT2D eigenvalue weighted by atomic mass is 32.2. The number of esters is 1. The Bertz CT molecular complexity index is 451. The molecule has 1 aliphatic rings. The maximum Gasteiger partial charge on any atom is 0.326 e. The summed E-state index contributed by atoms with van der Waals surface area (Å²) < 4.78 is 6.94. The number of aryl methyl sites for hydroxylation is 1. The average Bonchev–Trinajstić information content (AvgIpc) is 2.99. The van der Waals surface area contributed by atoms with Crippen LogP contribution in [0.4, 0.5) is 0 Å². The van der Waals surface area contributed by atoms with Crippen molar-refractivity contribution in [2.75, 3.05) is 13.7 Å². The SMILES string of the molecule is CCOC(=O)C1(NC)CCC(Sc2ncnn2C)C1. The number of aromatic nitrogens is 3. The molecule has 1 heterocycles. The highest BCUT2D eigenvalue weighted by Crippen LogP contribution is 2.40. The Balaban J connectivity index is 2.01. The predicted octanol–water partition coefficient (Wildman–Crippen LogP) is 0.981. The predicted molar refractivity (Wildman–Crippen MR) is 72.9 cm³/mol. The molecular weight excluding hydrogens is 264 g/mol. The molecule has 106 valence electrons. The van der Waals surface area contributed by atoms with Crippen LogP contribution in [0.5, 0.6) is 0 Å². The number of likely N-dealkylation sites (N-methyl/N-ethyl adjacent to an activating group) is 1. The summed E-state index contributed by atoms with van der Waals surface area (Å²) in [6, 6.07) is 0. The summed E-state index contributed by atoms with van der Waals surface area (Å²) in [7, 11) is 3.70. The fraction of sp³-hybridized carbons (Fsp3) is 0.750. The Morgan fingerprint density at radius 2 is 2.53 bits per heavy atom. The fourth-order valence-electron chi connectivity index (χ4n) is 2.43. The minimum atomic E-state index is -0.535. The van der Waals surface area contributed by atoms with Crippen LogP contribution in [0.1, 0.15) is 26.2 Å². The molecule has 0 aromatic carbocycles. The number of hydrogen-bond acceptors (Lipinski definition) is 6. The smallest absolute Gasteiger partial charge is 0.326 e. The number of carbonyl (C=O) groups is 1. The molecule has 1 aromatic rings. The monoisotopic (exact) mass is 284 g/mol. The van der Waals surface area contributed by atoms with Gasteiger partial charge in [-0.05, 0) is 33.2 Å². The van der Waals surface area contributed by atoms with Gasteiger partial charge in [0.2, 0.25) is 0 Å². The first-order chi connectivity index (χ1) is 9.11. The first-order valence-electron chi connectivity index (χ1n) is 6.48. The number of nitrogens with zero attached hydrogens (tertiary/aromatic N) is 3. The molecule has 0 radical (unpaired) electrons. The number of ether oxygens (including phenoxy) is 1. The zero-order valence-electron chi connectivity index (χ0n) is 11.5. The zero-order chi connectivity index (χ0) is 13.9. The lowest BCUT2D eigenvalue weighted by Gasteiger charge is -2.26. The molecule has 1 N–H and O–H groups in total. The number of carbonyl (C=O) groups excluding carboxylic acids is 1. The Labute approximate surface area is 117 Å². The van der Waals surface area contributed by atoms with Crippen molar-refractivity contribution in [1.82, 2.24) is 20.1 Å². The van der Waals surface area contributed by atoms with Crippen molar-refractivity contribution in [3.63, 3.8) is 0 Å². The van der Waals surface area contributed by atoms with Crippen LogP contribution in [0, 0.1) is 0 Å². The average molecular weight is 284 g/mol. The van der Waals surface area contributed by atoms with Crippen LogP contribution in [-0.4, -0.2) is 45.2 Å². The van der Waals surface area contributed by atoms with Gasteiger partial charge in [-0.1, -0.05) is 11.8 Å². The molecule has 2 unspecified atom stereocenters. The first kappa shape index (κ1) is 14.3. The van der Waals surface area contributed by atoms with E-state index < -0.39 is 5.54 Å². The zero-order valence-corrected chi connectivity index (χ0v) is 12.4. The van der Waals surface area contributed by atoms with E-state index in [1.165, 1.54) is 0 Å². The van der Waals surface area contributed by atoms with Crippen molar-refractivity contribution in [2.24, 2.45) is 7.05 Å². The molecule has 1 aliphatic carbocycles. The molecule has 1 saturated carbocycles. The van der Waals surface area contributed by atoms with Crippen LogP contribution in [0.25, 0.3) is 0 Å². The quantitative estimate of drug-likeness (QED) is 0.813. The Kier molecular flexibility index (Phi) is 4.46. The number of rotatable bonds is 5. The Morgan fingerprint density at radius 3 is 3.11 bits per heavy atom. The van der Waals surface area contributed by atoms with Crippen molar-refractivity contribution in [3.05, 3.63) is 6.33 Å². The van der Waals surface area contributed by atoms with Crippen LogP contribution >= 0.6 is 11.8 Å². The van der Waals surface area contributed by atoms with Gasteiger partial charge in [0.15, 0.2) is 5.16 Å². The van der Waals surface area contributed by atoms with Crippen LogP contribution in [0.15, 0.2) is 11.5 Å². The highest BCUT2D eigenvalue weighted by Gasteiger charge is 2.45. The summed E-state index contributed by atoms with van der Waals surface area (Å²) in [5, 5.41) is 8.46. The van der Waals surface area contributed by atoms with Gasteiger partial charge in [-0.2, -0.15) is 5.10 Å². The van der Waals surface area contributed by atoms with Gasteiger partial charge in [-0.3, -0.25) is 4.79 Å². The number of hydrogen-bond donors (Lipinski definition) is 1. The second-order valence-corrected chi connectivity index (χ2v) is 5.97. The van der Waals surface area contributed by atoms with E-state index in [4.69, 9.17) is 4.74 Å². The van der Waals surface area contributed by atoms with E-state index in [2.05, 4.69) is 15.4 Å². The van der Waals surface area contributed by atoms with Gasteiger partial charge in [-0.15, -0.1) is 0 Å². The van der Waals surface area contributed by atoms with E-state index in [1.807, 2.05) is 21.0 Å². The summed E-state index contributed by atoms with van der Waals surface area (Å²) in [4.78, 5) is 16.3. The lowest BCUT2D eigenvalue weighted by Crippen LogP contribution is -2.49. The van der Waals surface area contributed by atoms with Gasteiger partial charge in [0.1, 0.15) is 11.9 Å². The van der Waals surface area contributed by atoms with E-state index >= 15 is 0 Å². The molecule has 0 saturated heterocycles. The minimum absolute atomic E-state index is 0.140. The molecule has 2 rings (SSSR count). The van der Waals surface area contributed by atoms with Crippen molar-refractivity contribution < 1.29 is 9.53 Å². The minimum Gasteiger partial charge on any atom is -0.465 e. The normalized spacial score (nSPS) is 26.6. The van der Waals surface area contributed by atoms with Gasteiger partial charge in [0, 0.05) is 12.3 Å². The number of nitrogens with one attached hydrogen (secondary N) is 1. The maximum atomic E-state index is 12.1. The van der Waals surface area contributed by atoms with Gasteiger partial charge in [0.05, 0.1) is 6.61 Å². The summed E-state index contributed by atoms with van der Waals surface area (Å²) >= 11 is 1.68. The lowest BCUT2D eigenvalue weighted by molar-refractivity contribution is -0.150. The van der Waals surface area contributed by atoms with E-state index in [0.29, 0.717) is 11.9 Å². The number of thioether (sulfide) groups is 1. The standard InChI is InChI=1S/C12H20N4O2S/c1-4-18-10(17)12(13-2)6-5-9(7-12)19-11-14-8-15-16(11)3/h8-9,13H,4-7H2,1-3H3. The molecule has 1 aromatic heterocycles. The molecular formula is C12H20N4O2S. The summed E-state index contributed by atoms with van der Waals surface area (Å²) in [6.45, 7) is 2.26. The third-order valence-corrected chi connectivity index (χ3v) is 4.87. The van der Waals surface area contributed by atoms with Gasteiger partial charge >= 0.3 is 5.97 Å². The molecule has 19 heavy (non-hydrogen) atoms. The molecule has 0 aliphatic heterocycles. The van der Waals surface area contributed by atoms with Crippen molar-refractivity contribution in [1.29, 1.82) is 0 Å². The van der Waals surface area contributed by atoms with E-state index in [9.17, 15) is 4.79 Å². The van der Waals surface area contributed by atoms with Gasteiger partial charge in [-0.25, -0.2) is 9.67 Å². The molecule has 2 atom stereocenters. The maximum absolute atomic E-state index is 12.1. The molecule has 1 fully saturated rings. The fourth-order valence-corrected chi connectivity index (χ4v) is 3.64. The van der Waals surface area contributed by atoms with Crippen LogP contribution in [0.2, 0.25) is 0 Å². The summed E-state index contributed by atoms with van der Waals surface area (Å²) in [5.41, 5.74) is -0.535. The third-order valence-electron chi connectivity index (χ3n) is 3.56. The second kappa shape index (κ2) is 5.92. The van der Waals surface area contributed by atoms with E-state index in [1.54, 1.807) is 22.8 Å². The van der Waals surface area contributed by atoms with Crippen molar-refractivity contribution in [3.8, 4) is 0 Å². The molecule has 0 bridgehead atoms. The topological polar surface area (TPSA) is 69.0 Å². The molecule has 0 spiro atoms. The van der Waals surface area contributed by atoms with Crippen molar-refractivity contribution >= 4 is 17.7 Å². The molecule has 6 nitrogen and oxygen atoms in total. The van der Waals surface area contributed by atoms with Crippen LogP contribution in [-0.2, 0) is 16.6 Å². The van der Waals surface area contributed by atoms with Crippen molar-refractivity contribution in [2.45, 2.75) is 42.1 Å². The van der Waals surface area contributed by atoms with Crippen LogP contribution in [0.3, 0.4) is 0 Å². The van der Waals surface area contributed by atoms with E-state index in [-0.39, 0.29) is 5.97 Å². The van der Waals surface area contributed by atoms with Gasteiger partial charge < -0.3 is 10.1 Å². The Hall–Kier alpha value is -1.08. The highest BCUT2D eigenvalue weighted by molar-refractivity contribution is 7.99. The molecule has 0 amide bonds. The summed E-state index contributed by atoms with van der Waals surface area (Å²) in [5.74, 6) is -0.140. The van der Waals surface area contributed by atoms with E-state index in [0.717, 1.165) is 24.4 Å². The summed E-state index contributed by atoms with van der Waals surface area (Å²) in [6.07, 6.45) is 4.09. The lowest BCUT2D eigenvalue weighted by atomic mass is 9.98. The second-order valence-electron chi connectivity index (χ2n) is 4.70. The third kappa shape index (κ3) is 2.92.